The van der Waals surface area contributed by atoms with Gasteiger partial charge in [-0.2, -0.15) is 0 Å². The molecular weight excluding hydrogens is 294 g/mol. The Morgan fingerprint density at radius 2 is 2.13 bits per heavy atom. The van der Waals surface area contributed by atoms with Gasteiger partial charge in [0.05, 0.1) is 18.8 Å². The third-order valence-corrected chi connectivity index (χ3v) is 3.80. The van der Waals surface area contributed by atoms with Gasteiger partial charge in [-0.15, -0.1) is 0 Å². The van der Waals surface area contributed by atoms with E-state index >= 15 is 0 Å². The minimum Gasteiger partial charge on any atom is -0.494 e. The lowest BCUT2D eigenvalue weighted by Gasteiger charge is -2.25. The van der Waals surface area contributed by atoms with Crippen molar-refractivity contribution in [1.82, 2.24) is 15.2 Å². The zero-order chi connectivity index (χ0) is 16.2. The van der Waals surface area contributed by atoms with Crippen molar-refractivity contribution in [3.63, 3.8) is 0 Å². The maximum Gasteiger partial charge on any atom is 0.234 e. The van der Waals surface area contributed by atoms with Gasteiger partial charge in [0.2, 0.25) is 11.8 Å². The Balaban J connectivity index is 1.73. The van der Waals surface area contributed by atoms with E-state index in [1.165, 1.54) is 0 Å². The normalized spacial score (nSPS) is 15.5. The summed E-state index contributed by atoms with van der Waals surface area (Å²) in [6, 6.07) is 7.70. The number of carbonyl (C=O) groups is 1. The maximum absolute atomic E-state index is 11.5. The van der Waals surface area contributed by atoms with E-state index < -0.39 is 0 Å². The van der Waals surface area contributed by atoms with Crippen LogP contribution in [0.2, 0.25) is 0 Å². The second-order valence-electron chi connectivity index (χ2n) is 5.54. The topological polar surface area (TPSA) is 67.6 Å². The Hall–Kier alpha value is -2.34. The van der Waals surface area contributed by atoms with Crippen LogP contribution in [-0.2, 0) is 11.3 Å². The van der Waals surface area contributed by atoms with Crippen molar-refractivity contribution in [3.8, 4) is 17.2 Å². The largest absolute Gasteiger partial charge is 0.494 e. The Labute approximate surface area is 135 Å². The monoisotopic (exact) mass is 315 g/mol. The molecule has 0 radical (unpaired) electrons. The van der Waals surface area contributed by atoms with Gasteiger partial charge in [0.25, 0.3) is 0 Å². The van der Waals surface area contributed by atoms with E-state index in [4.69, 9.17) is 9.15 Å². The first-order valence-electron chi connectivity index (χ1n) is 7.84. The summed E-state index contributed by atoms with van der Waals surface area (Å²) >= 11 is 0. The zero-order valence-corrected chi connectivity index (χ0v) is 13.5. The quantitative estimate of drug-likeness (QED) is 0.914. The lowest BCUT2D eigenvalue weighted by Crippen LogP contribution is -2.47. The Morgan fingerprint density at radius 3 is 2.83 bits per heavy atom. The van der Waals surface area contributed by atoms with Gasteiger partial charge in [0.1, 0.15) is 11.5 Å². The second kappa shape index (κ2) is 6.83. The molecule has 6 heteroatoms. The Morgan fingerprint density at radius 1 is 1.35 bits per heavy atom. The SMILES string of the molecule is CCOc1ccc(-c2nc(CN3CCNC(=O)C3)c(C)o2)cc1. The van der Waals surface area contributed by atoms with Crippen LogP contribution in [0.4, 0.5) is 0 Å². The van der Waals surface area contributed by atoms with Gasteiger partial charge in [-0.1, -0.05) is 0 Å². The highest BCUT2D eigenvalue weighted by Gasteiger charge is 2.19. The molecule has 1 saturated heterocycles. The highest BCUT2D eigenvalue weighted by atomic mass is 16.5. The molecule has 1 amide bonds. The summed E-state index contributed by atoms with van der Waals surface area (Å²) in [5, 5.41) is 2.82. The molecule has 1 aromatic carbocycles. The molecule has 0 saturated carbocycles. The number of aryl methyl sites for hydroxylation is 1. The third kappa shape index (κ3) is 3.71. The first-order valence-corrected chi connectivity index (χ1v) is 7.84. The van der Waals surface area contributed by atoms with Gasteiger partial charge in [0.15, 0.2) is 0 Å². The molecule has 1 aliphatic rings. The molecule has 0 aliphatic carbocycles. The van der Waals surface area contributed by atoms with E-state index in [1.54, 1.807) is 0 Å². The first kappa shape index (κ1) is 15.6. The van der Waals surface area contributed by atoms with Crippen LogP contribution in [0.25, 0.3) is 11.5 Å². The number of ether oxygens (including phenoxy) is 1. The average molecular weight is 315 g/mol. The minimum atomic E-state index is 0.0594. The molecule has 1 N–H and O–H groups in total. The molecule has 2 aromatic rings. The van der Waals surface area contributed by atoms with Crippen molar-refractivity contribution in [1.29, 1.82) is 0 Å². The van der Waals surface area contributed by atoms with Crippen LogP contribution in [0.15, 0.2) is 28.7 Å². The number of aromatic nitrogens is 1. The van der Waals surface area contributed by atoms with Gasteiger partial charge < -0.3 is 14.5 Å². The van der Waals surface area contributed by atoms with E-state index in [-0.39, 0.29) is 5.91 Å². The zero-order valence-electron chi connectivity index (χ0n) is 13.5. The minimum absolute atomic E-state index is 0.0594. The van der Waals surface area contributed by atoms with Gasteiger partial charge in [-0.05, 0) is 38.1 Å². The highest BCUT2D eigenvalue weighted by Crippen LogP contribution is 2.24. The van der Waals surface area contributed by atoms with Gasteiger partial charge >= 0.3 is 0 Å². The number of nitrogens with one attached hydrogen (secondary N) is 1. The van der Waals surface area contributed by atoms with Crippen LogP contribution < -0.4 is 10.1 Å². The molecule has 2 heterocycles. The number of piperazine rings is 1. The molecule has 0 spiro atoms. The van der Waals surface area contributed by atoms with Crippen LogP contribution in [0, 0.1) is 6.92 Å². The molecular formula is C17H21N3O3. The molecule has 1 aliphatic heterocycles. The summed E-state index contributed by atoms with van der Waals surface area (Å²) in [5.41, 5.74) is 1.79. The predicted molar refractivity (Wildman–Crippen MR) is 86.1 cm³/mol. The second-order valence-corrected chi connectivity index (χ2v) is 5.54. The van der Waals surface area contributed by atoms with Crippen molar-refractivity contribution in [2.45, 2.75) is 20.4 Å². The number of carbonyl (C=O) groups excluding carboxylic acids is 1. The van der Waals surface area contributed by atoms with Crippen molar-refractivity contribution < 1.29 is 13.9 Å². The molecule has 6 nitrogen and oxygen atoms in total. The molecule has 122 valence electrons. The molecule has 0 bridgehead atoms. The van der Waals surface area contributed by atoms with Crippen molar-refractivity contribution in [2.75, 3.05) is 26.2 Å². The molecule has 3 rings (SSSR count). The summed E-state index contributed by atoms with van der Waals surface area (Å²) in [7, 11) is 0. The van der Waals surface area contributed by atoms with Gasteiger partial charge in [-0.25, -0.2) is 4.98 Å². The fourth-order valence-electron chi connectivity index (χ4n) is 2.60. The fraction of sp³-hybridized carbons (Fsp3) is 0.412. The van der Waals surface area contributed by atoms with Crippen LogP contribution in [0.3, 0.4) is 0 Å². The predicted octanol–water partition coefficient (Wildman–Crippen LogP) is 1.98. The molecule has 0 unspecified atom stereocenters. The first-order chi connectivity index (χ1) is 11.2. The van der Waals surface area contributed by atoms with Crippen molar-refractivity contribution in [3.05, 3.63) is 35.7 Å². The van der Waals surface area contributed by atoms with Gasteiger partial charge in [-0.3, -0.25) is 9.69 Å². The van der Waals surface area contributed by atoms with E-state index in [2.05, 4.69) is 15.2 Å². The lowest BCUT2D eigenvalue weighted by atomic mass is 10.2. The fourth-order valence-corrected chi connectivity index (χ4v) is 2.60. The average Bonchev–Trinajstić information content (AvgIpc) is 2.89. The Bertz CT molecular complexity index is 679. The summed E-state index contributed by atoms with van der Waals surface area (Å²) in [5.74, 6) is 2.28. The summed E-state index contributed by atoms with van der Waals surface area (Å²) in [6.45, 7) is 7.05. The molecule has 1 aromatic heterocycles. The lowest BCUT2D eigenvalue weighted by molar-refractivity contribution is -0.124. The molecule has 23 heavy (non-hydrogen) atoms. The van der Waals surface area contributed by atoms with Crippen molar-refractivity contribution in [2.24, 2.45) is 0 Å². The van der Waals surface area contributed by atoms with Crippen LogP contribution in [-0.4, -0.2) is 42.0 Å². The van der Waals surface area contributed by atoms with E-state index in [1.807, 2.05) is 38.1 Å². The summed E-state index contributed by atoms with van der Waals surface area (Å²) in [4.78, 5) is 18.1. The third-order valence-electron chi connectivity index (χ3n) is 3.80. The van der Waals surface area contributed by atoms with E-state index in [0.29, 0.717) is 32.1 Å². The van der Waals surface area contributed by atoms with Gasteiger partial charge in [0, 0.05) is 25.2 Å². The van der Waals surface area contributed by atoms with E-state index in [9.17, 15) is 4.79 Å². The standard InChI is InChI=1S/C17H21N3O3/c1-3-22-14-6-4-13(5-7-14)17-19-15(12(2)23-17)10-20-9-8-18-16(21)11-20/h4-7H,3,8-11H2,1-2H3,(H,18,21). The summed E-state index contributed by atoms with van der Waals surface area (Å²) in [6.07, 6.45) is 0. The van der Waals surface area contributed by atoms with Crippen LogP contribution in [0.5, 0.6) is 5.75 Å². The molecule has 0 atom stereocenters. The number of benzene rings is 1. The molecule has 1 fully saturated rings. The number of amides is 1. The number of nitrogens with zero attached hydrogens (tertiary/aromatic N) is 2. The highest BCUT2D eigenvalue weighted by molar-refractivity contribution is 5.78. The van der Waals surface area contributed by atoms with E-state index in [0.717, 1.165) is 29.3 Å². The smallest absolute Gasteiger partial charge is 0.234 e. The summed E-state index contributed by atoms with van der Waals surface area (Å²) < 4.78 is 11.2. The number of hydrogen-bond donors (Lipinski definition) is 1. The number of oxazole rings is 1. The maximum atomic E-state index is 11.5. The van der Waals surface area contributed by atoms with Crippen LogP contribution in [0.1, 0.15) is 18.4 Å². The van der Waals surface area contributed by atoms with Crippen molar-refractivity contribution >= 4 is 5.91 Å². The Kier molecular flexibility index (Phi) is 4.62. The number of rotatable bonds is 5. The number of hydrogen-bond acceptors (Lipinski definition) is 5. The van der Waals surface area contributed by atoms with Crippen LogP contribution >= 0.6 is 0 Å².